The lowest BCUT2D eigenvalue weighted by Gasteiger charge is -2.30. The van der Waals surface area contributed by atoms with E-state index in [4.69, 9.17) is 16.3 Å². The van der Waals surface area contributed by atoms with Gasteiger partial charge >= 0.3 is 0 Å². The monoisotopic (exact) mass is 285 g/mol. The molecule has 0 aromatic heterocycles. The molecular formula is C15H21ClFNO. The number of ether oxygens (including phenoxy) is 1. The van der Waals surface area contributed by atoms with Crippen molar-refractivity contribution < 1.29 is 9.13 Å². The van der Waals surface area contributed by atoms with Crippen LogP contribution in [0.15, 0.2) is 18.2 Å². The highest BCUT2D eigenvalue weighted by Gasteiger charge is 2.27. The van der Waals surface area contributed by atoms with Gasteiger partial charge in [0, 0.05) is 29.9 Å². The Labute approximate surface area is 119 Å². The van der Waals surface area contributed by atoms with Crippen LogP contribution < -0.4 is 10.1 Å². The predicted octanol–water partition coefficient (Wildman–Crippen LogP) is 3.52. The van der Waals surface area contributed by atoms with E-state index < -0.39 is 0 Å². The molecule has 0 fully saturated rings. The number of rotatable bonds is 6. The molecule has 4 heteroatoms. The summed E-state index contributed by atoms with van der Waals surface area (Å²) in [4.78, 5) is 0. The van der Waals surface area contributed by atoms with E-state index in [1.54, 1.807) is 12.1 Å². The Kier molecular flexibility index (Phi) is 4.69. The highest BCUT2D eigenvalue weighted by atomic mass is 35.5. The Morgan fingerprint density at radius 1 is 1.53 bits per heavy atom. The highest BCUT2D eigenvalue weighted by Crippen LogP contribution is 2.29. The maximum atomic E-state index is 13.1. The zero-order chi connectivity index (χ0) is 13.9. The first kappa shape index (κ1) is 14.6. The van der Waals surface area contributed by atoms with E-state index in [0.717, 1.165) is 37.1 Å². The van der Waals surface area contributed by atoms with Crippen molar-refractivity contribution >= 4 is 11.6 Å². The van der Waals surface area contributed by atoms with Crippen molar-refractivity contribution in [2.45, 2.75) is 44.8 Å². The smallest absolute Gasteiger partial charge is 0.123 e. The van der Waals surface area contributed by atoms with Crippen LogP contribution in [0.2, 0.25) is 0 Å². The van der Waals surface area contributed by atoms with Crippen LogP contribution in [0.25, 0.3) is 0 Å². The Morgan fingerprint density at radius 2 is 2.32 bits per heavy atom. The summed E-state index contributed by atoms with van der Waals surface area (Å²) in [6.45, 7) is 5.09. The van der Waals surface area contributed by atoms with E-state index in [2.05, 4.69) is 19.2 Å². The van der Waals surface area contributed by atoms with Crippen molar-refractivity contribution in [3.63, 3.8) is 0 Å². The van der Waals surface area contributed by atoms with E-state index >= 15 is 0 Å². The van der Waals surface area contributed by atoms with Crippen LogP contribution in [0.4, 0.5) is 4.39 Å². The number of hydrogen-bond donors (Lipinski definition) is 1. The van der Waals surface area contributed by atoms with Crippen molar-refractivity contribution in [1.82, 2.24) is 5.32 Å². The maximum Gasteiger partial charge on any atom is 0.123 e. The molecule has 1 aromatic carbocycles. The predicted molar refractivity (Wildman–Crippen MR) is 76.6 cm³/mol. The molecule has 0 aliphatic carbocycles. The van der Waals surface area contributed by atoms with E-state index in [1.807, 2.05) is 0 Å². The average molecular weight is 286 g/mol. The Balaban J connectivity index is 1.90. The third kappa shape index (κ3) is 3.61. The van der Waals surface area contributed by atoms with Gasteiger partial charge in [-0.05, 0) is 38.0 Å². The van der Waals surface area contributed by atoms with Crippen molar-refractivity contribution in [2.75, 3.05) is 12.4 Å². The second kappa shape index (κ2) is 6.10. The third-order valence-electron chi connectivity index (χ3n) is 3.95. The fourth-order valence-electron chi connectivity index (χ4n) is 2.36. The Bertz CT molecular complexity index is 440. The van der Waals surface area contributed by atoms with Gasteiger partial charge in [-0.3, -0.25) is 0 Å². The molecule has 2 nitrogen and oxygen atoms in total. The molecule has 1 heterocycles. The third-order valence-corrected chi connectivity index (χ3v) is 4.14. The van der Waals surface area contributed by atoms with E-state index in [-0.39, 0.29) is 17.5 Å². The number of halogens is 2. The Hall–Kier alpha value is -0.800. The van der Waals surface area contributed by atoms with Gasteiger partial charge in [0.05, 0.1) is 0 Å². The summed E-state index contributed by atoms with van der Waals surface area (Å²) in [5, 5.41) is 3.53. The first-order valence-corrected chi connectivity index (χ1v) is 7.36. The summed E-state index contributed by atoms with van der Waals surface area (Å²) >= 11 is 5.84. The lowest BCUT2D eigenvalue weighted by atomic mass is 9.95. The van der Waals surface area contributed by atoms with Gasteiger partial charge in [-0.1, -0.05) is 6.92 Å². The van der Waals surface area contributed by atoms with E-state index in [9.17, 15) is 4.39 Å². The molecule has 2 unspecified atom stereocenters. The molecule has 0 amide bonds. The van der Waals surface area contributed by atoms with Crippen molar-refractivity contribution in [1.29, 1.82) is 0 Å². The molecule has 2 atom stereocenters. The van der Waals surface area contributed by atoms with Crippen LogP contribution in [0.1, 0.15) is 32.3 Å². The van der Waals surface area contributed by atoms with Gasteiger partial charge in [0.2, 0.25) is 0 Å². The fourth-order valence-corrected chi connectivity index (χ4v) is 2.78. The summed E-state index contributed by atoms with van der Waals surface area (Å²) in [7, 11) is 0. The second-order valence-corrected chi connectivity index (χ2v) is 5.81. The number of alkyl halides is 1. The zero-order valence-electron chi connectivity index (χ0n) is 11.5. The molecule has 1 N–H and O–H groups in total. The molecule has 19 heavy (non-hydrogen) atoms. The SMILES string of the molecule is CCC(C)(CCCl)NCC1Cc2cc(F)ccc2O1. The highest BCUT2D eigenvalue weighted by molar-refractivity contribution is 6.17. The fraction of sp³-hybridized carbons (Fsp3) is 0.600. The largest absolute Gasteiger partial charge is 0.488 e. The second-order valence-electron chi connectivity index (χ2n) is 5.43. The van der Waals surface area contributed by atoms with Gasteiger partial charge in [-0.2, -0.15) is 0 Å². The molecule has 0 saturated carbocycles. The van der Waals surface area contributed by atoms with Gasteiger partial charge < -0.3 is 10.1 Å². The minimum Gasteiger partial charge on any atom is -0.488 e. The van der Waals surface area contributed by atoms with Crippen molar-refractivity contribution in [2.24, 2.45) is 0 Å². The minimum absolute atomic E-state index is 0.0468. The molecule has 0 spiro atoms. The first-order chi connectivity index (χ1) is 9.06. The molecular weight excluding hydrogens is 265 g/mol. The van der Waals surface area contributed by atoms with Gasteiger partial charge in [0.15, 0.2) is 0 Å². The molecule has 0 bridgehead atoms. The van der Waals surface area contributed by atoms with Crippen LogP contribution in [-0.2, 0) is 6.42 Å². The number of benzene rings is 1. The van der Waals surface area contributed by atoms with Crippen molar-refractivity contribution in [3.8, 4) is 5.75 Å². The average Bonchev–Trinajstić information content (AvgIpc) is 2.79. The normalized spacial score (nSPS) is 20.7. The van der Waals surface area contributed by atoms with Crippen LogP contribution in [0, 0.1) is 5.82 Å². The molecule has 0 radical (unpaired) electrons. The minimum atomic E-state index is -0.198. The summed E-state index contributed by atoms with van der Waals surface area (Å²) in [5.74, 6) is 1.26. The molecule has 0 saturated heterocycles. The number of nitrogens with one attached hydrogen (secondary N) is 1. The standard InChI is InChI=1S/C15H21ClFNO/c1-3-15(2,6-7-16)18-10-13-9-11-8-12(17)4-5-14(11)19-13/h4-5,8,13,18H,3,6-7,9-10H2,1-2H3. The van der Waals surface area contributed by atoms with Crippen LogP contribution >= 0.6 is 11.6 Å². The van der Waals surface area contributed by atoms with Gasteiger partial charge in [0.25, 0.3) is 0 Å². The molecule has 1 aromatic rings. The van der Waals surface area contributed by atoms with Crippen LogP contribution in [0.3, 0.4) is 0 Å². The summed E-state index contributed by atoms with van der Waals surface area (Å²) in [5.41, 5.74) is 1.01. The lowest BCUT2D eigenvalue weighted by Crippen LogP contribution is -2.46. The molecule has 2 rings (SSSR count). The summed E-state index contributed by atoms with van der Waals surface area (Å²) < 4.78 is 19.0. The maximum absolute atomic E-state index is 13.1. The number of fused-ring (bicyclic) bond motifs is 1. The Morgan fingerprint density at radius 3 is 3.00 bits per heavy atom. The van der Waals surface area contributed by atoms with Gasteiger partial charge in [0.1, 0.15) is 17.7 Å². The van der Waals surface area contributed by atoms with Crippen molar-refractivity contribution in [3.05, 3.63) is 29.6 Å². The summed E-state index contributed by atoms with van der Waals surface area (Å²) in [6, 6.07) is 4.72. The zero-order valence-corrected chi connectivity index (χ0v) is 12.3. The molecule has 1 aliphatic rings. The van der Waals surface area contributed by atoms with Gasteiger partial charge in [-0.15, -0.1) is 11.6 Å². The number of hydrogen-bond acceptors (Lipinski definition) is 2. The lowest BCUT2D eigenvalue weighted by molar-refractivity contribution is 0.201. The van der Waals surface area contributed by atoms with Crippen LogP contribution in [0.5, 0.6) is 5.75 Å². The molecule has 1 aliphatic heterocycles. The van der Waals surface area contributed by atoms with Gasteiger partial charge in [-0.25, -0.2) is 4.39 Å². The van der Waals surface area contributed by atoms with Crippen LogP contribution in [-0.4, -0.2) is 24.1 Å². The quantitative estimate of drug-likeness (QED) is 0.808. The summed E-state index contributed by atoms with van der Waals surface area (Å²) in [6.07, 6.45) is 2.80. The topological polar surface area (TPSA) is 21.3 Å². The molecule has 106 valence electrons. The first-order valence-electron chi connectivity index (χ1n) is 6.82. The van der Waals surface area contributed by atoms with E-state index in [0.29, 0.717) is 5.88 Å². The van der Waals surface area contributed by atoms with E-state index in [1.165, 1.54) is 6.07 Å².